The zero-order valence-corrected chi connectivity index (χ0v) is 18.7. The first kappa shape index (κ1) is 21.9. The molecular weight excluding hydrogens is 381 g/mol. The smallest absolute Gasteiger partial charge is 0.210 e. The number of aromatic nitrogens is 4. The zero-order valence-electron chi connectivity index (χ0n) is 17.2. The molecule has 2 atom stereocenters. The van der Waals surface area contributed by atoms with Crippen LogP contribution in [0.15, 0.2) is 24.3 Å². The van der Waals surface area contributed by atoms with Gasteiger partial charge in [0, 0.05) is 16.0 Å². The molecule has 0 unspecified atom stereocenters. The molecule has 2 aromatic rings. The largest absolute Gasteiger partial charge is 0.331 e. The van der Waals surface area contributed by atoms with Crippen LogP contribution in [0.4, 0.5) is 0 Å². The van der Waals surface area contributed by atoms with Gasteiger partial charge in [-0.1, -0.05) is 76.0 Å². The van der Waals surface area contributed by atoms with E-state index in [1.54, 1.807) is 6.07 Å². The van der Waals surface area contributed by atoms with Gasteiger partial charge in [-0.25, -0.2) is 4.68 Å². The molecule has 0 saturated heterocycles. The minimum absolute atomic E-state index is 0.0187. The second-order valence-electron chi connectivity index (χ2n) is 8.62. The maximum atomic E-state index is 6.33. The van der Waals surface area contributed by atoms with Crippen LogP contribution < -0.4 is 4.90 Å². The lowest BCUT2D eigenvalue weighted by Crippen LogP contribution is -3.07. The van der Waals surface area contributed by atoms with E-state index in [0.29, 0.717) is 16.0 Å². The fourth-order valence-corrected chi connectivity index (χ4v) is 3.87. The molecule has 0 saturated carbocycles. The Hall–Kier alpha value is -1.43. The first-order chi connectivity index (χ1) is 12.5. The number of hydrogen-bond acceptors (Lipinski definition) is 3. The molecule has 1 aromatic heterocycles. The van der Waals surface area contributed by atoms with E-state index < -0.39 is 0 Å². The van der Waals surface area contributed by atoms with Crippen LogP contribution in [0.5, 0.6) is 0 Å². The normalized spacial score (nSPS) is 15.1. The summed E-state index contributed by atoms with van der Waals surface area (Å²) in [5.74, 6) is 1.31. The molecule has 5 nitrogen and oxygen atoms in total. The number of halogens is 2. The van der Waals surface area contributed by atoms with Gasteiger partial charge in [0.05, 0.1) is 20.1 Å². The summed E-state index contributed by atoms with van der Waals surface area (Å²) in [6, 6.07) is 5.70. The van der Waals surface area contributed by atoms with Crippen molar-refractivity contribution in [3.63, 3.8) is 0 Å². The van der Waals surface area contributed by atoms with Gasteiger partial charge in [-0.15, -0.1) is 5.10 Å². The van der Waals surface area contributed by atoms with E-state index in [1.807, 2.05) is 22.9 Å². The molecule has 0 fully saturated rings. The Morgan fingerprint density at radius 1 is 1.15 bits per heavy atom. The number of tetrazole rings is 1. The fourth-order valence-electron chi connectivity index (χ4n) is 3.39. The van der Waals surface area contributed by atoms with Crippen LogP contribution in [-0.4, -0.2) is 34.3 Å². The van der Waals surface area contributed by atoms with Crippen molar-refractivity contribution < 1.29 is 4.90 Å². The predicted molar refractivity (Wildman–Crippen MR) is 112 cm³/mol. The van der Waals surface area contributed by atoms with Gasteiger partial charge >= 0.3 is 0 Å². The van der Waals surface area contributed by atoms with Gasteiger partial charge in [0.1, 0.15) is 0 Å². The highest BCUT2D eigenvalue weighted by molar-refractivity contribution is 6.35. The highest BCUT2D eigenvalue weighted by atomic mass is 35.5. The molecule has 148 valence electrons. The number of allylic oxidation sites excluding steroid dienone is 1. The molecule has 0 spiro atoms. The van der Waals surface area contributed by atoms with Crippen LogP contribution in [-0.2, 0) is 0 Å². The Morgan fingerprint density at radius 3 is 2.33 bits per heavy atom. The predicted octanol–water partition coefficient (Wildman–Crippen LogP) is 4.12. The summed E-state index contributed by atoms with van der Waals surface area (Å²) in [4.78, 5) is 1.30. The molecule has 0 radical (unpaired) electrons. The maximum absolute atomic E-state index is 6.33. The van der Waals surface area contributed by atoms with E-state index >= 15 is 0 Å². The number of nitrogens with one attached hydrogen (secondary N) is 1. The van der Waals surface area contributed by atoms with E-state index in [9.17, 15) is 0 Å². The highest BCUT2D eigenvalue weighted by Crippen LogP contribution is 2.34. The van der Waals surface area contributed by atoms with Gasteiger partial charge in [0.2, 0.25) is 5.82 Å². The molecule has 0 bridgehead atoms. The van der Waals surface area contributed by atoms with Crippen LogP contribution >= 0.6 is 23.2 Å². The standard InChI is InChI=1S/C20H29Cl2N5/c1-13(2)18(26(6)7)19-23-24-25-27(19)17(20(3,4)5)11-9-14-8-10-15(21)12-16(14)22/h8-13,17-18H,1-7H3/p+1/b11-9+/t17-,18-/m1/s1. The first-order valence-corrected chi connectivity index (χ1v) is 9.99. The Labute approximate surface area is 172 Å². The summed E-state index contributed by atoms with van der Waals surface area (Å²) in [5.41, 5.74) is 0.839. The van der Waals surface area contributed by atoms with Crippen molar-refractivity contribution in [2.75, 3.05) is 14.1 Å². The van der Waals surface area contributed by atoms with Crippen molar-refractivity contribution in [2.24, 2.45) is 11.3 Å². The lowest BCUT2D eigenvalue weighted by Gasteiger charge is -2.31. The van der Waals surface area contributed by atoms with E-state index in [-0.39, 0.29) is 17.5 Å². The van der Waals surface area contributed by atoms with Crippen molar-refractivity contribution in [3.05, 3.63) is 45.7 Å². The molecule has 0 aliphatic rings. The topological polar surface area (TPSA) is 48.0 Å². The minimum Gasteiger partial charge on any atom is -0.331 e. The second-order valence-corrected chi connectivity index (χ2v) is 9.46. The van der Waals surface area contributed by atoms with Crippen molar-refractivity contribution in [3.8, 4) is 0 Å². The minimum atomic E-state index is -0.0806. The summed E-state index contributed by atoms with van der Waals surface area (Å²) in [5, 5.41) is 14.0. The molecule has 27 heavy (non-hydrogen) atoms. The van der Waals surface area contributed by atoms with Crippen LogP contribution in [0.3, 0.4) is 0 Å². The summed E-state index contributed by atoms with van der Waals surface area (Å²) < 4.78 is 1.96. The van der Waals surface area contributed by atoms with Gasteiger partial charge < -0.3 is 4.90 Å². The fraction of sp³-hybridized carbons (Fsp3) is 0.550. The zero-order chi connectivity index (χ0) is 20.4. The molecule has 1 aromatic carbocycles. The molecule has 0 aliphatic carbocycles. The van der Waals surface area contributed by atoms with Gasteiger partial charge in [0.25, 0.3) is 0 Å². The SMILES string of the molecule is CC(C)[C@H](c1nnnn1[C@H](/C=C/c1ccc(Cl)cc1Cl)C(C)(C)C)[NH+](C)C. The molecule has 1 heterocycles. The van der Waals surface area contributed by atoms with Crippen molar-refractivity contribution >= 4 is 29.3 Å². The third kappa shape index (κ3) is 5.31. The van der Waals surface area contributed by atoms with E-state index in [2.05, 4.69) is 70.3 Å². The van der Waals surface area contributed by atoms with Gasteiger partial charge in [-0.05, 0) is 33.5 Å². The quantitative estimate of drug-likeness (QED) is 0.778. The summed E-state index contributed by atoms with van der Waals surface area (Å²) >= 11 is 12.3. The third-order valence-electron chi connectivity index (χ3n) is 4.66. The molecule has 0 aliphatic heterocycles. The van der Waals surface area contributed by atoms with Crippen LogP contribution in [0.25, 0.3) is 6.08 Å². The lowest BCUT2D eigenvalue weighted by molar-refractivity contribution is -0.897. The van der Waals surface area contributed by atoms with E-state index in [1.165, 1.54) is 4.90 Å². The Balaban J connectivity index is 2.47. The number of benzene rings is 1. The molecule has 2 rings (SSSR count). The number of rotatable bonds is 6. The number of hydrogen-bond donors (Lipinski definition) is 1. The molecule has 1 N–H and O–H groups in total. The third-order valence-corrected chi connectivity index (χ3v) is 5.22. The Kier molecular flexibility index (Phi) is 7.06. The van der Waals surface area contributed by atoms with Crippen LogP contribution in [0.1, 0.15) is 58.1 Å². The lowest BCUT2D eigenvalue weighted by atomic mass is 9.86. The first-order valence-electron chi connectivity index (χ1n) is 9.23. The number of quaternary nitrogens is 1. The summed E-state index contributed by atoms with van der Waals surface area (Å²) in [6.45, 7) is 11.0. The van der Waals surface area contributed by atoms with Gasteiger partial charge in [-0.2, -0.15) is 0 Å². The number of nitrogens with zero attached hydrogens (tertiary/aromatic N) is 4. The van der Waals surface area contributed by atoms with E-state index in [0.717, 1.165) is 11.4 Å². The van der Waals surface area contributed by atoms with Crippen molar-refractivity contribution in [1.82, 2.24) is 20.2 Å². The summed E-state index contributed by atoms with van der Waals surface area (Å²) in [6.07, 6.45) is 4.14. The Bertz CT molecular complexity index is 782. The average molecular weight is 411 g/mol. The average Bonchev–Trinajstić information content (AvgIpc) is 2.96. The molecule has 7 heteroatoms. The van der Waals surface area contributed by atoms with Crippen molar-refractivity contribution in [2.45, 2.75) is 46.7 Å². The Morgan fingerprint density at radius 2 is 1.81 bits per heavy atom. The monoisotopic (exact) mass is 410 g/mol. The van der Waals surface area contributed by atoms with Crippen LogP contribution in [0.2, 0.25) is 10.0 Å². The van der Waals surface area contributed by atoms with E-state index in [4.69, 9.17) is 23.2 Å². The second kappa shape index (κ2) is 8.72. The maximum Gasteiger partial charge on any atom is 0.210 e. The van der Waals surface area contributed by atoms with Crippen molar-refractivity contribution in [1.29, 1.82) is 0 Å². The van der Waals surface area contributed by atoms with Gasteiger partial charge in [0.15, 0.2) is 6.04 Å². The highest BCUT2D eigenvalue weighted by Gasteiger charge is 2.34. The summed E-state index contributed by atoms with van der Waals surface area (Å²) in [7, 11) is 4.28. The van der Waals surface area contributed by atoms with Crippen LogP contribution in [0, 0.1) is 11.3 Å². The molecule has 0 amide bonds. The molecular formula is C20H30Cl2N5+. The van der Waals surface area contributed by atoms with Gasteiger partial charge in [-0.3, -0.25) is 0 Å².